The van der Waals surface area contributed by atoms with Crippen LogP contribution in [-0.2, 0) is 4.79 Å². The first-order valence-electron chi connectivity index (χ1n) is 8.16. The lowest BCUT2D eigenvalue weighted by Crippen LogP contribution is -2.28. The van der Waals surface area contributed by atoms with Crippen LogP contribution in [0.1, 0.15) is 39.0 Å². The Morgan fingerprint density at radius 3 is 2.52 bits per heavy atom. The third-order valence-corrected chi connectivity index (χ3v) is 7.95. The van der Waals surface area contributed by atoms with Crippen molar-refractivity contribution in [2.75, 3.05) is 0 Å². The summed E-state index contributed by atoms with van der Waals surface area (Å²) < 4.78 is 18.2. The van der Waals surface area contributed by atoms with Gasteiger partial charge < -0.3 is 4.74 Å². The average Bonchev–Trinajstić information content (AvgIpc) is 2.50. The monoisotopic (exact) mass is 308 g/mol. The highest BCUT2D eigenvalue weighted by atomic mass is 28.3. The number of halogens is 1. The van der Waals surface area contributed by atoms with Crippen LogP contribution in [0, 0.1) is 11.7 Å². The highest BCUT2D eigenvalue weighted by Gasteiger charge is 2.28. The lowest BCUT2D eigenvalue weighted by atomic mass is 10.0. The van der Waals surface area contributed by atoms with Crippen LogP contribution >= 0.6 is 0 Å². The summed E-state index contributed by atoms with van der Waals surface area (Å²) in [6.07, 6.45) is 5.98. The lowest BCUT2D eigenvalue weighted by Gasteiger charge is -2.26. The smallest absolute Gasteiger partial charge is 0.314 e. The Hall–Kier alpha value is -1.16. The molecule has 0 spiro atoms. The fourth-order valence-corrected chi connectivity index (χ4v) is 6.55. The SMILES string of the molecule is CCCCC[SiH]1CCC(C(=O)Oc2ccc(F)cc2)CC1. The zero-order chi connectivity index (χ0) is 15.1. The molecular weight excluding hydrogens is 283 g/mol. The normalized spacial score (nSPS) is 22.0. The minimum Gasteiger partial charge on any atom is -0.426 e. The van der Waals surface area contributed by atoms with Crippen LogP contribution in [0.2, 0.25) is 18.1 Å². The van der Waals surface area contributed by atoms with Crippen LogP contribution in [0.15, 0.2) is 24.3 Å². The van der Waals surface area contributed by atoms with Gasteiger partial charge in [-0.05, 0) is 37.1 Å². The van der Waals surface area contributed by atoms with Crippen molar-refractivity contribution in [3.05, 3.63) is 30.1 Å². The average molecular weight is 308 g/mol. The zero-order valence-electron chi connectivity index (χ0n) is 12.8. The zero-order valence-corrected chi connectivity index (χ0v) is 14.0. The van der Waals surface area contributed by atoms with E-state index >= 15 is 0 Å². The Labute approximate surface area is 128 Å². The van der Waals surface area contributed by atoms with E-state index in [1.54, 1.807) is 0 Å². The predicted octanol–water partition coefficient (Wildman–Crippen LogP) is 4.56. The molecule has 0 bridgehead atoms. The maximum absolute atomic E-state index is 12.8. The molecule has 0 saturated carbocycles. The molecule has 0 atom stereocenters. The first-order chi connectivity index (χ1) is 10.2. The van der Waals surface area contributed by atoms with Gasteiger partial charge in [0.1, 0.15) is 11.6 Å². The van der Waals surface area contributed by atoms with Crippen molar-refractivity contribution in [1.29, 1.82) is 0 Å². The Morgan fingerprint density at radius 1 is 1.24 bits per heavy atom. The Morgan fingerprint density at radius 2 is 1.90 bits per heavy atom. The van der Waals surface area contributed by atoms with Crippen LogP contribution in [-0.4, -0.2) is 14.8 Å². The van der Waals surface area contributed by atoms with E-state index < -0.39 is 8.80 Å². The molecule has 1 aliphatic rings. The maximum atomic E-state index is 12.8. The molecule has 0 aromatic heterocycles. The molecule has 1 heterocycles. The van der Waals surface area contributed by atoms with Gasteiger partial charge in [0.25, 0.3) is 0 Å². The van der Waals surface area contributed by atoms with Gasteiger partial charge in [-0.15, -0.1) is 0 Å². The van der Waals surface area contributed by atoms with E-state index in [2.05, 4.69) is 6.92 Å². The second kappa shape index (κ2) is 8.32. The summed E-state index contributed by atoms with van der Waals surface area (Å²) in [5.41, 5.74) is 0. The fraction of sp³-hybridized carbons (Fsp3) is 0.588. The second-order valence-corrected chi connectivity index (χ2v) is 9.55. The van der Waals surface area contributed by atoms with Crippen molar-refractivity contribution in [2.45, 2.75) is 57.2 Å². The van der Waals surface area contributed by atoms with Crippen molar-refractivity contribution in [3.63, 3.8) is 0 Å². The third kappa shape index (κ3) is 5.27. The number of unbranched alkanes of at least 4 members (excludes halogenated alkanes) is 2. The molecule has 0 aliphatic carbocycles. The van der Waals surface area contributed by atoms with Gasteiger partial charge >= 0.3 is 5.97 Å². The summed E-state index contributed by atoms with van der Waals surface area (Å²) in [6, 6.07) is 9.64. The first kappa shape index (κ1) is 16.2. The quantitative estimate of drug-likeness (QED) is 0.333. The fourth-order valence-electron chi connectivity index (χ4n) is 3.07. The molecule has 0 radical (unpaired) electrons. The van der Waals surface area contributed by atoms with E-state index in [-0.39, 0.29) is 17.7 Å². The van der Waals surface area contributed by atoms with Crippen LogP contribution in [0.3, 0.4) is 0 Å². The van der Waals surface area contributed by atoms with E-state index in [0.29, 0.717) is 5.75 Å². The number of esters is 1. The van der Waals surface area contributed by atoms with Crippen molar-refractivity contribution in [2.24, 2.45) is 5.92 Å². The largest absolute Gasteiger partial charge is 0.426 e. The molecule has 1 aromatic rings. The van der Waals surface area contributed by atoms with Crippen molar-refractivity contribution in [3.8, 4) is 5.75 Å². The van der Waals surface area contributed by atoms with Gasteiger partial charge in [-0.25, -0.2) is 4.39 Å². The molecular formula is C17H25FO2Si. The molecule has 2 nitrogen and oxygen atoms in total. The standard InChI is InChI=1S/C17H25FO2Si/c1-2-3-4-11-21-12-9-14(10-13-21)17(19)20-16-7-5-15(18)6-8-16/h5-8,14,21H,2-4,9-13H2,1H3. The van der Waals surface area contributed by atoms with Crippen molar-refractivity contribution in [1.82, 2.24) is 0 Å². The van der Waals surface area contributed by atoms with Gasteiger partial charge in [0, 0.05) is 8.80 Å². The summed E-state index contributed by atoms with van der Waals surface area (Å²) in [5.74, 6) is 0.0460. The van der Waals surface area contributed by atoms with Gasteiger partial charge in [-0.2, -0.15) is 0 Å². The van der Waals surface area contributed by atoms with Crippen LogP contribution in [0.4, 0.5) is 4.39 Å². The molecule has 116 valence electrons. The molecule has 1 fully saturated rings. The van der Waals surface area contributed by atoms with E-state index in [4.69, 9.17) is 4.74 Å². The van der Waals surface area contributed by atoms with Gasteiger partial charge in [0.2, 0.25) is 0 Å². The number of carbonyl (C=O) groups is 1. The van der Waals surface area contributed by atoms with Gasteiger partial charge in [-0.1, -0.05) is 44.3 Å². The van der Waals surface area contributed by atoms with Gasteiger partial charge in [-0.3, -0.25) is 4.79 Å². The van der Waals surface area contributed by atoms with Gasteiger partial charge in [0.15, 0.2) is 0 Å². The van der Waals surface area contributed by atoms with E-state index in [0.717, 1.165) is 12.8 Å². The number of hydrogen-bond donors (Lipinski definition) is 0. The van der Waals surface area contributed by atoms with E-state index in [9.17, 15) is 9.18 Å². The van der Waals surface area contributed by atoms with Crippen LogP contribution in [0.5, 0.6) is 5.75 Å². The number of benzene rings is 1. The number of hydrogen-bond acceptors (Lipinski definition) is 2. The maximum Gasteiger partial charge on any atom is 0.314 e. The summed E-state index contributed by atoms with van der Waals surface area (Å²) in [5, 5.41) is 0. The van der Waals surface area contributed by atoms with Crippen molar-refractivity contribution >= 4 is 14.8 Å². The lowest BCUT2D eigenvalue weighted by molar-refractivity contribution is -0.139. The summed E-state index contributed by atoms with van der Waals surface area (Å²) >= 11 is 0. The number of rotatable bonds is 6. The topological polar surface area (TPSA) is 26.3 Å². The minimum atomic E-state index is -0.586. The Balaban J connectivity index is 1.74. The third-order valence-electron chi connectivity index (χ3n) is 4.43. The molecule has 1 aromatic carbocycles. The predicted molar refractivity (Wildman–Crippen MR) is 85.9 cm³/mol. The molecule has 0 unspecified atom stereocenters. The highest BCUT2D eigenvalue weighted by molar-refractivity contribution is 6.59. The minimum absolute atomic E-state index is 0.0463. The molecule has 4 heteroatoms. The summed E-state index contributed by atoms with van der Waals surface area (Å²) in [6.45, 7) is 2.24. The van der Waals surface area contributed by atoms with Crippen LogP contribution in [0.25, 0.3) is 0 Å². The van der Waals surface area contributed by atoms with E-state index in [1.165, 1.54) is 61.7 Å². The Kier molecular flexibility index (Phi) is 6.42. The summed E-state index contributed by atoms with van der Waals surface area (Å²) in [4.78, 5) is 12.1. The van der Waals surface area contributed by atoms with Crippen LogP contribution < -0.4 is 4.74 Å². The molecule has 21 heavy (non-hydrogen) atoms. The van der Waals surface area contributed by atoms with E-state index in [1.807, 2.05) is 0 Å². The molecule has 2 rings (SSSR count). The highest BCUT2D eigenvalue weighted by Crippen LogP contribution is 2.29. The number of ether oxygens (including phenoxy) is 1. The van der Waals surface area contributed by atoms with Gasteiger partial charge in [0.05, 0.1) is 5.92 Å². The number of carbonyl (C=O) groups excluding carboxylic acids is 1. The molecule has 0 N–H and O–H groups in total. The van der Waals surface area contributed by atoms with Crippen molar-refractivity contribution < 1.29 is 13.9 Å². The summed E-state index contributed by atoms with van der Waals surface area (Å²) in [7, 11) is -0.586. The first-order valence-corrected chi connectivity index (χ1v) is 10.6. The second-order valence-electron chi connectivity index (χ2n) is 6.09. The Bertz CT molecular complexity index is 439. The molecule has 1 aliphatic heterocycles. The molecule has 1 saturated heterocycles. The molecule has 0 amide bonds.